The van der Waals surface area contributed by atoms with Crippen molar-refractivity contribution in [1.29, 1.82) is 0 Å². The summed E-state index contributed by atoms with van der Waals surface area (Å²) < 4.78 is 27.8. The predicted octanol–water partition coefficient (Wildman–Crippen LogP) is 2.01. The van der Waals surface area contributed by atoms with Gasteiger partial charge in [-0.05, 0) is 47.0 Å². The Kier molecular flexibility index (Phi) is 6.23. The fraction of sp³-hybridized carbons (Fsp3) is 0.500. The van der Waals surface area contributed by atoms with Gasteiger partial charge in [0.15, 0.2) is 0 Å². The zero-order valence-corrected chi connectivity index (χ0v) is 16.8. The van der Waals surface area contributed by atoms with E-state index in [1.54, 1.807) is 19.9 Å². The van der Waals surface area contributed by atoms with E-state index in [9.17, 15) is 18.0 Å². The van der Waals surface area contributed by atoms with Crippen LogP contribution in [0.15, 0.2) is 21.5 Å². The molecule has 0 aliphatic carbocycles. The van der Waals surface area contributed by atoms with E-state index >= 15 is 0 Å². The normalized spacial score (nSPS) is 18.2. The lowest BCUT2D eigenvalue weighted by Gasteiger charge is -2.19. The molecular formula is C16H22BrN3O4S. The number of halogens is 1. The average molecular weight is 432 g/mol. The first-order valence-corrected chi connectivity index (χ1v) is 10.3. The molecule has 2 amide bonds. The molecule has 0 spiro atoms. The maximum absolute atomic E-state index is 12.9. The van der Waals surface area contributed by atoms with Crippen LogP contribution in [0.1, 0.15) is 32.3 Å². The quantitative estimate of drug-likeness (QED) is 0.744. The van der Waals surface area contributed by atoms with Crippen molar-refractivity contribution in [2.24, 2.45) is 0 Å². The minimum absolute atomic E-state index is 0.0807. The van der Waals surface area contributed by atoms with Crippen molar-refractivity contribution in [2.75, 3.05) is 18.4 Å². The van der Waals surface area contributed by atoms with Crippen molar-refractivity contribution in [3.8, 4) is 0 Å². The summed E-state index contributed by atoms with van der Waals surface area (Å²) in [4.78, 5) is 22.9. The predicted molar refractivity (Wildman–Crippen MR) is 98.8 cm³/mol. The third-order valence-corrected chi connectivity index (χ3v) is 6.69. The molecule has 1 saturated heterocycles. The van der Waals surface area contributed by atoms with Gasteiger partial charge in [-0.25, -0.2) is 8.42 Å². The molecular weight excluding hydrogens is 410 g/mol. The Morgan fingerprint density at radius 3 is 2.64 bits per heavy atom. The zero-order valence-electron chi connectivity index (χ0n) is 14.4. The van der Waals surface area contributed by atoms with Crippen LogP contribution in [0.25, 0.3) is 0 Å². The van der Waals surface area contributed by atoms with Crippen molar-refractivity contribution in [3.63, 3.8) is 0 Å². The zero-order chi connectivity index (χ0) is 18.8. The minimum atomic E-state index is -3.67. The number of benzene rings is 1. The third-order valence-electron chi connectivity index (χ3n) is 4.03. The van der Waals surface area contributed by atoms with Crippen molar-refractivity contribution >= 4 is 43.5 Å². The highest BCUT2D eigenvalue weighted by Crippen LogP contribution is 2.31. The van der Waals surface area contributed by atoms with Crippen LogP contribution >= 0.6 is 15.9 Å². The lowest BCUT2D eigenvalue weighted by Crippen LogP contribution is -2.38. The Morgan fingerprint density at radius 2 is 2.04 bits per heavy atom. The van der Waals surface area contributed by atoms with Crippen LogP contribution in [0, 0.1) is 6.92 Å². The number of anilines is 1. The summed E-state index contributed by atoms with van der Waals surface area (Å²) in [7, 11) is -3.67. The first-order chi connectivity index (χ1) is 11.6. The number of rotatable bonds is 5. The Bertz CT molecular complexity index is 795. The number of aryl methyl sites for hydroxylation is 1. The summed E-state index contributed by atoms with van der Waals surface area (Å²) in [5.41, 5.74) is 1.08. The largest absolute Gasteiger partial charge is 0.352 e. The SMILES string of the molecule is CCC(=O)NC1CCN(S(=O)(=O)c2cc(Br)c(NC(C)=O)cc2C)C1. The van der Waals surface area contributed by atoms with Gasteiger partial charge in [-0.1, -0.05) is 6.92 Å². The molecule has 2 N–H and O–H groups in total. The average Bonchev–Trinajstić information content (AvgIpc) is 2.99. The van der Waals surface area contributed by atoms with Gasteiger partial charge >= 0.3 is 0 Å². The highest BCUT2D eigenvalue weighted by atomic mass is 79.9. The van der Waals surface area contributed by atoms with Gasteiger partial charge in [-0.2, -0.15) is 4.31 Å². The Morgan fingerprint density at radius 1 is 1.36 bits per heavy atom. The first kappa shape index (κ1) is 19.9. The number of sulfonamides is 1. The number of nitrogens with zero attached hydrogens (tertiary/aromatic N) is 1. The lowest BCUT2D eigenvalue weighted by molar-refractivity contribution is -0.121. The van der Waals surface area contributed by atoms with Crippen molar-refractivity contribution in [3.05, 3.63) is 22.2 Å². The van der Waals surface area contributed by atoms with E-state index in [1.807, 2.05) is 0 Å². The Hall–Kier alpha value is -1.45. The molecule has 7 nitrogen and oxygen atoms in total. The fourth-order valence-corrected chi connectivity index (χ4v) is 5.09. The van der Waals surface area contributed by atoms with Crippen LogP contribution in [-0.4, -0.2) is 43.7 Å². The molecule has 1 aromatic carbocycles. The van der Waals surface area contributed by atoms with Gasteiger partial charge in [-0.15, -0.1) is 0 Å². The molecule has 138 valence electrons. The molecule has 25 heavy (non-hydrogen) atoms. The van der Waals surface area contributed by atoms with Gasteiger partial charge in [0.25, 0.3) is 0 Å². The van der Waals surface area contributed by atoms with Gasteiger partial charge in [0.05, 0.1) is 10.6 Å². The van der Waals surface area contributed by atoms with Crippen LogP contribution in [0.5, 0.6) is 0 Å². The number of carbonyl (C=O) groups excluding carboxylic acids is 2. The Labute approximate surface area is 156 Å². The van der Waals surface area contributed by atoms with Gasteiger partial charge in [0, 0.05) is 36.9 Å². The van der Waals surface area contributed by atoms with Gasteiger partial charge in [0.2, 0.25) is 21.8 Å². The molecule has 1 heterocycles. The first-order valence-electron chi connectivity index (χ1n) is 8.02. The molecule has 0 radical (unpaired) electrons. The molecule has 0 bridgehead atoms. The molecule has 9 heteroatoms. The molecule has 1 atom stereocenters. The highest BCUT2D eigenvalue weighted by molar-refractivity contribution is 9.10. The number of hydrogen-bond acceptors (Lipinski definition) is 4. The molecule has 1 aliphatic heterocycles. The van der Waals surface area contributed by atoms with Crippen LogP contribution in [0.4, 0.5) is 5.69 Å². The summed E-state index contributed by atoms with van der Waals surface area (Å²) in [5, 5.41) is 5.49. The minimum Gasteiger partial charge on any atom is -0.352 e. The van der Waals surface area contributed by atoms with E-state index < -0.39 is 10.0 Å². The highest BCUT2D eigenvalue weighted by Gasteiger charge is 2.34. The van der Waals surface area contributed by atoms with Gasteiger partial charge in [0.1, 0.15) is 0 Å². The molecule has 0 aromatic heterocycles. The molecule has 1 unspecified atom stereocenters. The monoisotopic (exact) mass is 431 g/mol. The number of hydrogen-bond donors (Lipinski definition) is 2. The van der Waals surface area contributed by atoms with E-state index in [0.29, 0.717) is 35.1 Å². The maximum atomic E-state index is 12.9. The van der Waals surface area contributed by atoms with E-state index in [4.69, 9.17) is 0 Å². The number of amides is 2. The van der Waals surface area contributed by atoms with Crippen LogP contribution in [-0.2, 0) is 19.6 Å². The van der Waals surface area contributed by atoms with Gasteiger partial charge < -0.3 is 10.6 Å². The van der Waals surface area contributed by atoms with Crippen LogP contribution in [0.3, 0.4) is 0 Å². The van der Waals surface area contributed by atoms with Crippen molar-refractivity contribution in [2.45, 2.75) is 44.6 Å². The third kappa shape index (κ3) is 4.59. The summed E-state index contributed by atoms with van der Waals surface area (Å²) >= 11 is 3.31. The summed E-state index contributed by atoms with van der Waals surface area (Å²) in [6, 6.07) is 2.98. The second-order valence-corrected chi connectivity index (χ2v) is 8.81. The van der Waals surface area contributed by atoms with E-state index in [0.717, 1.165) is 0 Å². The lowest BCUT2D eigenvalue weighted by atomic mass is 10.2. The molecule has 1 aromatic rings. The standard InChI is InChI=1S/C16H22BrN3O4S/c1-4-16(22)19-12-5-6-20(9-12)25(23,24)15-8-13(17)14(7-10(15)2)18-11(3)21/h7-8,12H,4-6,9H2,1-3H3,(H,18,21)(H,19,22). The smallest absolute Gasteiger partial charge is 0.243 e. The maximum Gasteiger partial charge on any atom is 0.243 e. The topological polar surface area (TPSA) is 95.6 Å². The second kappa shape index (κ2) is 7.84. The Balaban J connectivity index is 2.24. The molecule has 1 fully saturated rings. The summed E-state index contributed by atoms with van der Waals surface area (Å²) in [5.74, 6) is -0.312. The van der Waals surface area contributed by atoms with E-state index in [2.05, 4.69) is 26.6 Å². The fourth-order valence-electron chi connectivity index (χ4n) is 2.76. The number of carbonyl (C=O) groups is 2. The van der Waals surface area contributed by atoms with Gasteiger partial charge in [-0.3, -0.25) is 9.59 Å². The van der Waals surface area contributed by atoms with Crippen LogP contribution < -0.4 is 10.6 Å². The second-order valence-electron chi connectivity index (χ2n) is 6.05. The summed E-state index contributed by atoms with van der Waals surface area (Å²) in [6.45, 7) is 5.47. The van der Waals surface area contributed by atoms with Crippen LogP contribution in [0.2, 0.25) is 0 Å². The van der Waals surface area contributed by atoms with E-state index in [1.165, 1.54) is 17.3 Å². The molecule has 0 saturated carbocycles. The molecule has 2 rings (SSSR count). The van der Waals surface area contributed by atoms with Crippen molar-refractivity contribution in [1.82, 2.24) is 9.62 Å². The van der Waals surface area contributed by atoms with E-state index in [-0.39, 0.29) is 29.3 Å². The summed E-state index contributed by atoms with van der Waals surface area (Å²) in [6.07, 6.45) is 0.967. The number of nitrogens with one attached hydrogen (secondary N) is 2. The molecule has 1 aliphatic rings. The van der Waals surface area contributed by atoms with Crippen molar-refractivity contribution < 1.29 is 18.0 Å².